The van der Waals surface area contributed by atoms with Gasteiger partial charge in [-0.3, -0.25) is 14.6 Å². The third-order valence-corrected chi connectivity index (χ3v) is 5.62. The van der Waals surface area contributed by atoms with Crippen LogP contribution in [-0.4, -0.2) is 27.1 Å². The standard InChI is InChI=1S/C22H23N3O3/c1-12-7-18(21(27)24-13(12)2)22(28)25-20(15-9-17(26)10-15)16-8-14-5-3-4-6-19(14)23-11-16/h3-8,11,15,17,20,26H,9-10H2,1-2H3,(H,24,27)(H,25,28)/t15?,17?,20-/m1/s1. The number of nitrogens with one attached hydrogen (secondary N) is 2. The average Bonchev–Trinajstić information content (AvgIpc) is 2.66. The first kappa shape index (κ1) is 18.4. The minimum Gasteiger partial charge on any atom is -0.393 e. The van der Waals surface area contributed by atoms with Crippen molar-refractivity contribution in [2.24, 2.45) is 5.92 Å². The van der Waals surface area contributed by atoms with Crippen molar-refractivity contribution >= 4 is 16.8 Å². The summed E-state index contributed by atoms with van der Waals surface area (Å²) in [5.41, 5.74) is 3.07. The average molecular weight is 377 g/mol. The number of amides is 1. The molecule has 2 aromatic heterocycles. The normalized spacial score (nSPS) is 19.8. The van der Waals surface area contributed by atoms with Crippen molar-refractivity contribution < 1.29 is 9.90 Å². The number of rotatable bonds is 4. The molecule has 1 atom stereocenters. The van der Waals surface area contributed by atoms with E-state index in [2.05, 4.69) is 15.3 Å². The molecule has 0 aliphatic heterocycles. The number of carbonyl (C=O) groups excluding carboxylic acids is 1. The monoisotopic (exact) mass is 377 g/mol. The molecule has 3 N–H and O–H groups in total. The van der Waals surface area contributed by atoms with Crippen molar-refractivity contribution in [2.75, 3.05) is 0 Å². The Labute approximate surface area is 162 Å². The van der Waals surface area contributed by atoms with Crippen LogP contribution in [-0.2, 0) is 0 Å². The fraction of sp³-hybridized carbons (Fsp3) is 0.318. The SMILES string of the molecule is Cc1cc(C(=O)N[C@@H](c2cnc3ccccc3c2)C2CC(O)C2)c(=O)[nH]c1C. The second kappa shape index (κ2) is 7.20. The number of carbonyl (C=O) groups is 1. The van der Waals surface area contributed by atoms with E-state index >= 15 is 0 Å². The third-order valence-electron chi connectivity index (χ3n) is 5.62. The Morgan fingerprint density at radius 2 is 2.00 bits per heavy atom. The lowest BCUT2D eigenvalue weighted by Gasteiger charge is -2.38. The molecule has 1 aromatic carbocycles. The number of aromatic amines is 1. The Hall–Kier alpha value is -2.99. The first-order valence-corrected chi connectivity index (χ1v) is 9.46. The first-order valence-electron chi connectivity index (χ1n) is 9.46. The van der Waals surface area contributed by atoms with Gasteiger partial charge in [-0.15, -0.1) is 0 Å². The molecule has 0 saturated heterocycles. The number of aromatic nitrogens is 2. The Balaban J connectivity index is 1.67. The van der Waals surface area contributed by atoms with Gasteiger partial charge < -0.3 is 15.4 Å². The van der Waals surface area contributed by atoms with Gasteiger partial charge in [0.2, 0.25) is 0 Å². The highest BCUT2D eigenvalue weighted by atomic mass is 16.3. The van der Waals surface area contributed by atoms with Crippen LogP contribution in [0.3, 0.4) is 0 Å². The summed E-state index contributed by atoms with van der Waals surface area (Å²) < 4.78 is 0. The van der Waals surface area contributed by atoms with E-state index in [1.807, 2.05) is 37.3 Å². The number of aryl methyl sites for hydroxylation is 2. The number of H-pyrrole nitrogens is 1. The van der Waals surface area contributed by atoms with Crippen LogP contribution >= 0.6 is 0 Å². The van der Waals surface area contributed by atoms with Crippen LogP contribution in [0.25, 0.3) is 10.9 Å². The van der Waals surface area contributed by atoms with Gasteiger partial charge in [0, 0.05) is 17.3 Å². The Morgan fingerprint density at radius 1 is 1.25 bits per heavy atom. The van der Waals surface area contributed by atoms with E-state index in [0.717, 1.165) is 27.7 Å². The Morgan fingerprint density at radius 3 is 2.75 bits per heavy atom. The maximum atomic E-state index is 12.9. The lowest BCUT2D eigenvalue weighted by molar-refractivity contribution is 0.0235. The van der Waals surface area contributed by atoms with Crippen molar-refractivity contribution in [1.82, 2.24) is 15.3 Å². The van der Waals surface area contributed by atoms with E-state index in [1.54, 1.807) is 19.2 Å². The molecule has 0 radical (unpaired) electrons. The second-order valence-electron chi connectivity index (χ2n) is 7.62. The van der Waals surface area contributed by atoms with Crippen molar-refractivity contribution in [1.29, 1.82) is 0 Å². The molecule has 0 bridgehead atoms. The molecule has 1 aliphatic carbocycles. The van der Waals surface area contributed by atoms with Gasteiger partial charge in [-0.25, -0.2) is 0 Å². The lowest BCUT2D eigenvalue weighted by atomic mass is 9.75. The maximum Gasteiger partial charge on any atom is 0.261 e. The second-order valence-corrected chi connectivity index (χ2v) is 7.62. The summed E-state index contributed by atoms with van der Waals surface area (Å²) in [6.07, 6.45) is 2.65. The molecule has 3 aromatic rings. The number of pyridine rings is 2. The first-order chi connectivity index (χ1) is 13.4. The van der Waals surface area contributed by atoms with Gasteiger partial charge in [-0.1, -0.05) is 18.2 Å². The molecule has 1 fully saturated rings. The smallest absolute Gasteiger partial charge is 0.261 e. The van der Waals surface area contributed by atoms with Crippen LogP contribution in [0.4, 0.5) is 0 Å². The molecule has 6 heteroatoms. The summed E-state index contributed by atoms with van der Waals surface area (Å²) in [7, 11) is 0. The topological polar surface area (TPSA) is 95.1 Å². The van der Waals surface area contributed by atoms with Gasteiger partial charge in [-0.05, 0) is 61.9 Å². The summed E-state index contributed by atoms with van der Waals surface area (Å²) in [6.45, 7) is 3.66. The highest BCUT2D eigenvalue weighted by Gasteiger charge is 2.36. The van der Waals surface area contributed by atoms with E-state index in [9.17, 15) is 14.7 Å². The highest BCUT2D eigenvalue weighted by molar-refractivity contribution is 5.94. The van der Waals surface area contributed by atoms with E-state index in [1.165, 1.54) is 0 Å². The predicted molar refractivity (Wildman–Crippen MR) is 107 cm³/mol. The van der Waals surface area contributed by atoms with Crippen molar-refractivity contribution in [3.63, 3.8) is 0 Å². The fourth-order valence-corrected chi connectivity index (χ4v) is 3.75. The molecule has 28 heavy (non-hydrogen) atoms. The summed E-state index contributed by atoms with van der Waals surface area (Å²) >= 11 is 0. The van der Waals surface area contributed by atoms with Crippen molar-refractivity contribution in [2.45, 2.75) is 38.8 Å². The molecule has 0 spiro atoms. The van der Waals surface area contributed by atoms with Gasteiger partial charge in [0.05, 0.1) is 17.7 Å². The number of aliphatic hydroxyl groups is 1. The van der Waals surface area contributed by atoms with Crippen molar-refractivity contribution in [3.05, 3.63) is 75.3 Å². The number of nitrogens with zero attached hydrogens (tertiary/aromatic N) is 1. The zero-order valence-corrected chi connectivity index (χ0v) is 15.9. The molecular formula is C22H23N3O3. The van der Waals surface area contributed by atoms with E-state index in [-0.39, 0.29) is 23.6 Å². The number of aliphatic hydroxyl groups excluding tert-OH is 1. The maximum absolute atomic E-state index is 12.9. The molecule has 1 aliphatic rings. The quantitative estimate of drug-likeness (QED) is 0.651. The van der Waals surface area contributed by atoms with Crippen LogP contribution in [0.2, 0.25) is 0 Å². The van der Waals surface area contributed by atoms with E-state index in [0.29, 0.717) is 12.8 Å². The van der Waals surface area contributed by atoms with Gasteiger partial charge in [0.15, 0.2) is 0 Å². The van der Waals surface area contributed by atoms with Crippen molar-refractivity contribution in [3.8, 4) is 0 Å². The molecule has 2 heterocycles. The summed E-state index contributed by atoms with van der Waals surface area (Å²) in [4.78, 5) is 32.4. The summed E-state index contributed by atoms with van der Waals surface area (Å²) in [5, 5.41) is 13.8. The minimum atomic E-state index is -0.413. The summed E-state index contributed by atoms with van der Waals surface area (Å²) in [6, 6.07) is 11.1. The number of benzene rings is 1. The summed E-state index contributed by atoms with van der Waals surface area (Å²) in [5.74, 6) is -0.309. The molecule has 6 nitrogen and oxygen atoms in total. The van der Waals surface area contributed by atoms with Gasteiger partial charge in [0.25, 0.3) is 11.5 Å². The largest absolute Gasteiger partial charge is 0.393 e. The molecular weight excluding hydrogens is 354 g/mol. The van der Waals surface area contributed by atoms with E-state index in [4.69, 9.17) is 0 Å². The Kier molecular flexibility index (Phi) is 4.73. The molecule has 1 saturated carbocycles. The molecule has 4 rings (SSSR count). The van der Waals surface area contributed by atoms with Gasteiger partial charge in [-0.2, -0.15) is 0 Å². The molecule has 0 unspecified atom stereocenters. The van der Waals surface area contributed by atoms with Crippen LogP contribution in [0.1, 0.15) is 46.1 Å². The number of para-hydroxylation sites is 1. The van der Waals surface area contributed by atoms with E-state index < -0.39 is 11.5 Å². The van der Waals surface area contributed by atoms with Crippen LogP contribution in [0, 0.1) is 19.8 Å². The zero-order valence-electron chi connectivity index (χ0n) is 15.9. The number of hydrogen-bond acceptors (Lipinski definition) is 4. The van der Waals surface area contributed by atoms with Crippen LogP contribution in [0.5, 0.6) is 0 Å². The van der Waals surface area contributed by atoms with Crippen LogP contribution < -0.4 is 10.9 Å². The Bertz CT molecular complexity index is 1100. The molecule has 144 valence electrons. The minimum absolute atomic E-state index is 0.0988. The number of fused-ring (bicyclic) bond motifs is 1. The van der Waals surface area contributed by atoms with Crippen LogP contribution in [0.15, 0.2) is 47.4 Å². The van der Waals surface area contributed by atoms with Gasteiger partial charge in [0.1, 0.15) is 5.56 Å². The fourth-order valence-electron chi connectivity index (χ4n) is 3.75. The lowest BCUT2D eigenvalue weighted by Crippen LogP contribution is -2.42. The number of hydrogen-bond donors (Lipinski definition) is 3. The predicted octanol–water partition coefficient (Wildman–Crippen LogP) is 2.78. The third kappa shape index (κ3) is 3.43. The van der Waals surface area contributed by atoms with Gasteiger partial charge >= 0.3 is 0 Å². The highest BCUT2D eigenvalue weighted by Crippen LogP contribution is 2.38. The molecule has 1 amide bonds. The zero-order chi connectivity index (χ0) is 19.8.